The van der Waals surface area contributed by atoms with E-state index in [0.717, 1.165) is 19.5 Å². The highest BCUT2D eigenvalue weighted by Gasteiger charge is 2.29. The Kier molecular flexibility index (Phi) is 4.76. The van der Waals surface area contributed by atoms with E-state index in [1.807, 2.05) is 0 Å². The molecule has 5 nitrogen and oxygen atoms in total. The summed E-state index contributed by atoms with van der Waals surface area (Å²) in [6, 6.07) is 0. The van der Waals surface area contributed by atoms with Crippen molar-refractivity contribution in [1.29, 1.82) is 0 Å². The van der Waals surface area contributed by atoms with E-state index in [2.05, 4.69) is 5.32 Å². The predicted octanol–water partition coefficient (Wildman–Crippen LogP) is 0.982. The van der Waals surface area contributed by atoms with Crippen molar-refractivity contribution in [2.24, 2.45) is 5.92 Å². The smallest absolute Gasteiger partial charge is 0.303 e. The summed E-state index contributed by atoms with van der Waals surface area (Å²) in [7, 11) is 0. The van der Waals surface area contributed by atoms with Crippen LogP contribution < -0.4 is 5.32 Å². The van der Waals surface area contributed by atoms with Gasteiger partial charge in [0.05, 0.1) is 12.7 Å². The second-order valence-electron chi connectivity index (χ2n) is 4.90. The molecule has 0 amide bonds. The number of hydrogen-bond acceptors (Lipinski definition) is 4. The van der Waals surface area contributed by atoms with Gasteiger partial charge < -0.3 is 19.9 Å². The minimum absolute atomic E-state index is 0.0346. The molecule has 0 aromatic carbocycles. The lowest BCUT2D eigenvalue weighted by molar-refractivity contribution is -0.138. The molecular formula is C12H21NO4. The molecule has 0 spiro atoms. The Morgan fingerprint density at radius 2 is 2.35 bits per heavy atom. The first-order valence-corrected chi connectivity index (χ1v) is 6.43. The quantitative estimate of drug-likeness (QED) is 0.753. The minimum Gasteiger partial charge on any atom is -0.481 e. The molecule has 5 heteroatoms. The number of carbonyl (C=O) groups is 1. The minimum atomic E-state index is -0.770. The lowest BCUT2D eigenvalue weighted by atomic mass is 9.96. The fourth-order valence-electron chi connectivity index (χ4n) is 2.46. The van der Waals surface area contributed by atoms with Gasteiger partial charge in [-0.15, -0.1) is 0 Å². The summed E-state index contributed by atoms with van der Waals surface area (Å²) in [5.74, 6) is -0.138. The first kappa shape index (κ1) is 12.8. The summed E-state index contributed by atoms with van der Waals surface area (Å²) in [4.78, 5) is 10.4. The summed E-state index contributed by atoms with van der Waals surface area (Å²) < 4.78 is 11.3. The number of ether oxygens (including phenoxy) is 2. The maximum absolute atomic E-state index is 10.4. The van der Waals surface area contributed by atoms with Crippen molar-refractivity contribution < 1.29 is 19.4 Å². The molecule has 0 aliphatic carbocycles. The zero-order valence-electron chi connectivity index (χ0n) is 10.1. The van der Waals surface area contributed by atoms with Crippen LogP contribution in [0.25, 0.3) is 0 Å². The highest BCUT2D eigenvalue weighted by Crippen LogP contribution is 2.24. The van der Waals surface area contributed by atoms with Crippen molar-refractivity contribution in [1.82, 2.24) is 5.32 Å². The second-order valence-corrected chi connectivity index (χ2v) is 4.90. The van der Waals surface area contributed by atoms with E-state index < -0.39 is 5.97 Å². The zero-order chi connectivity index (χ0) is 12.1. The lowest BCUT2D eigenvalue weighted by Gasteiger charge is -2.24. The van der Waals surface area contributed by atoms with E-state index in [1.165, 1.54) is 12.8 Å². The standard InChI is InChI=1S/C12H21NO4/c14-11(15)4-3-10-8-16-12(17-10)6-9-2-1-5-13-7-9/h9-10,12-13H,1-8H2,(H,14,15). The normalized spacial score (nSPS) is 33.8. The Labute approximate surface area is 101 Å². The molecule has 2 saturated heterocycles. The number of nitrogens with one attached hydrogen (secondary N) is 1. The number of carboxylic acid groups (broad SMARTS) is 1. The van der Waals surface area contributed by atoms with E-state index >= 15 is 0 Å². The van der Waals surface area contributed by atoms with Crippen molar-refractivity contribution in [3.8, 4) is 0 Å². The van der Waals surface area contributed by atoms with Crippen molar-refractivity contribution in [3.05, 3.63) is 0 Å². The van der Waals surface area contributed by atoms with Gasteiger partial charge in [-0.3, -0.25) is 4.79 Å². The highest BCUT2D eigenvalue weighted by molar-refractivity contribution is 5.66. The Morgan fingerprint density at radius 3 is 3.06 bits per heavy atom. The average molecular weight is 243 g/mol. The fourth-order valence-corrected chi connectivity index (χ4v) is 2.46. The average Bonchev–Trinajstić information content (AvgIpc) is 2.75. The van der Waals surface area contributed by atoms with E-state index in [1.54, 1.807) is 0 Å². The number of aliphatic carboxylic acids is 1. The van der Waals surface area contributed by atoms with Gasteiger partial charge in [0.15, 0.2) is 6.29 Å². The molecule has 2 rings (SSSR count). The van der Waals surface area contributed by atoms with Crippen LogP contribution in [0.15, 0.2) is 0 Å². The SMILES string of the molecule is O=C(O)CCC1COC(CC2CCCNC2)O1. The molecule has 3 atom stereocenters. The van der Waals surface area contributed by atoms with Crippen LogP contribution in [0.1, 0.15) is 32.1 Å². The summed E-state index contributed by atoms with van der Waals surface area (Å²) >= 11 is 0. The van der Waals surface area contributed by atoms with Gasteiger partial charge in [0, 0.05) is 12.8 Å². The molecule has 0 radical (unpaired) electrons. The van der Waals surface area contributed by atoms with Crippen LogP contribution in [-0.2, 0) is 14.3 Å². The van der Waals surface area contributed by atoms with Crippen molar-refractivity contribution in [2.45, 2.75) is 44.5 Å². The van der Waals surface area contributed by atoms with Crippen LogP contribution in [0.5, 0.6) is 0 Å². The third-order valence-corrected chi connectivity index (χ3v) is 3.42. The number of rotatable bonds is 5. The van der Waals surface area contributed by atoms with Crippen molar-refractivity contribution in [3.63, 3.8) is 0 Å². The van der Waals surface area contributed by atoms with Crippen LogP contribution in [0.2, 0.25) is 0 Å². The maximum atomic E-state index is 10.4. The molecule has 2 heterocycles. The van der Waals surface area contributed by atoms with Crippen molar-refractivity contribution in [2.75, 3.05) is 19.7 Å². The van der Waals surface area contributed by atoms with Gasteiger partial charge in [-0.05, 0) is 38.3 Å². The third-order valence-electron chi connectivity index (χ3n) is 3.42. The first-order valence-electron chi connectivity index (χ1n) is 6.43. The van der Waals surface area contributed by atoms with Gasteiger partial charge in [-0.1, -0.05) is 0 Å². The number of piperidine rings is 1. The molecule has 17 heavy (non-hydrogen) atoms. The van der Waals surface area contributed by atoms with Gasteiger partial charge >= 0.3 is 5.97 Å². The Hall–Kier alpha value is -0.650. The van der Waals surface area contributed by atoms with E-state index in [0.29, 0.717) is 18.9 Å². The molecule has 0 aromatic heterocycles. The first-order chi connectivity index (χ1) is 8.24. The van der Waals surface area contributed by atoms with Crippen molar-refractivity contribution >= 4 is 5.97 Å². The van der Waals surface area contributed by atoms with Gasteiger partial charge in [-0.2, -0.15) is 0 Å². The highest BCUT2D eigenvalue weighted by atomic mass is 16.7. The van der Waals surface area contributed by atoms with E-state index in [9.17, 15) is 4.79 Å². The molecule has 0 bridgehead atoms. The van der Waals surface area contributed by atoms with E-state index in [4.69, 9.17) is 14.6 Å². The molecule has 0 saturated carbocycles. The van der Waals surface area contributed by atoms with Gasteiger partial charge in [0.1, 0.15) is 0 Å². The Balaban J connectivity index is 1.64. The maximum Gasteiger partial charge on any atom is 0.303 e. The van der Waals surface area contributed by atoms with E-state index in [-0.39, 0.29) is 18.8 Å². The van der Waals surface area contributed by atoms with Crippen LogP contribution in [-0.4, -0.2) is 43.2 Å². The molecule has 98 valence electrons. The van der Waals surface area contributed by atoms with Crippen LogP contribution in [0.4, 0.5) is 0 Å². The van der Waals surface area contributed by atoms with Crippen LogP contribution >= 0.6 is 0 Å². The monoisotopic (exact) mass is 243 g/mol. The summed E-state index contributed by atoms with van der Waals surface area (Å²) in [6.45, 7) is 2.70. The largest absolute Gasteiger partial charge is 0.481 e. The third kappa shape index (κ3) is 4.26. The molecule has 0 aromatic rings. The molecular weight excluding hydrogens is 222 g/mol. The van der Waals surface area contributed by atoms with Gasteiger partial charge in [0.2, 0.25) is 0 Å². The predicted molar refractivity (Wildman–Crippen MR) is 61.7 cm³/mol. The van der Waals surface area contributed by atoms with Crippen LogP contribution in [0, 0.1) is 5.92 Å². The molecule has 2 aliphatic heterocycles. The van der Waals surface area contributed by atoms with Crippen LogP contribution in [0.3, 0.4) is 0 Å². The molecule has 2 aliphatic rings. The second kappa shape index (κ2) is 6.33. The summed E-state index contributed by atoms with van der Waals surface area (Å²) in [5, 5.41) is 12.0. The fraction of sp³-hybridized carbons (Fsp3) is 0.917. The molecule has 2 fully saturated rings. The topological polar surface area (TPSA) is 67.8 Å². The molecule has 3 unspecified atom stereocenters. The molecule has 2 N–H and O–H groups in total. The number of hydrogen-bond donors (Lipinski definition) is 2. The summed E-state index contributed by atoms with van der Waals surface area (Å²) in [6.07, 6.45) is 3.93. The van der Waals surface area contributed by atoms with Gasteiger partial charge in [0.25, 0.3) is 0 Å². The Morgan fingerprint density at radius 1 is 1.47 bits per heavy atom. The lowest BCUT2D eigenvalue weighted by Crippen LogP contribution is -2.32. The number of carboxylic acids is 1. The van der Waals surface area contributed by atoms with Gasteiger partial charge in [-0.25, -0.2) is 0 Å². The Bertz CT molecular complexity index is 253. The summed E-state index contributed by atoms with van der Waals surface area (Å²) in [5.41, 5.74) is 0. The zero-order valence-corrected chi connectivity index (χ0v) is 10.1.